The Bertz CT molecular complexity index is 274. The third-order valence-corrected chi connectivity index (χ3v) is 2.52. The molecule has 0 amide bonds. The first-order valence-corrected chi connectivity index (χ1v) is 5.14. The summed E-state index contributed by atoms with van der Waals surface area (Å²) in [5.41, 5.74) is 9.53. The zero-order chi connectivity index (χ0) is 10.6. The van der Waals surface area contributed by atoms with Gasteiger partial charge in [-0.1, -0.05) is 18.2 Å². The van der Waals surface area contributed by atoms with Gasteiger partial charge in [0.1, 0.15) is 0 Å². The second-order valence-electron chi connectivity index (χ2n) is 3.80. The molecule has 0 aromatic heterocycles. The summed E-state index contributed by atoms with van der Waals surface area (Å²) in [6.07, 6.45) is 1.05. The summed E-state index contributed by atoms with van der Waals surface area (Å²) in [6, 6.07) is 6.41. The molecule has 0 radical (unpaired) electrons. The van der Waals surface area contributed by atoms with Crippen LogP contribution in [0.3, 0.4) is 0 Å². The van der Waals surface area contributed by atoms with Crippen molar-refractivity contribution in [2.24, 2.45) is 5.73 Å². The minimum Gasteiger partial charge on any atom is -0.374 e. The first-order chi connectivity index (χ1) is 6.66. The first-order valence-electron chi connectivity index (χ1n) is 5.14. The van der Waals surface area contributed by atoms with Crippen LogP contribution in [0.25, 0.3) is 0 Å². The summed E-state index contributed by atoms with van der Waals surface area (Å²) < 4.78 is 0. The summed E-state index contributed by atoms with van der Waals surface area (Å²) >= 11 is 0. The summed E-state index contributed by atoms with van der Waals surface area (Å²) in [6.45, 7) is 6.10. The quantitative estimate of drug-likeness (QED) is 0.791. The molecule has 0 aliphatic carbocycles. The minimum absolute atomic E-state index is 0.759. The van der Waals surface area contributed by atoms with Crippen molar-refractivity contribution < 1.29 is 0 Å². The van der Waals surface area contributed by atoms with Crippen molar-refractivity contribution >= 4 is 5.69 Å². The van der Waals surface area contributed by atoms with Gasteiger partial charge in [0.2, 0.25) is 0 Å². The molecule has 0 heterocycles. The number of nitrogens with two attached hydrogens (primary N) is 1. The van der Waals surface area contributed by atoms with Crippen molar-refractivity contribution in [1.82, 2.24) is 0 Å². The Balaban J connectivity index is 2.82. The normalized spacial score (nSPS) is 10.3. The fraction of sp³-hybridized carbons (Fsp3) is 0.500. The largest absolute Gasteiger partial charge is 0.374 e. The van der Waals surface area contributed by atoms with E-state index in [4.69, 9.17) is 5.73 Å². The fourth-order valence-corrected chi connectivity index (χ4v) is 1.85. The van der Waals surface area contributed by atoms with Gasteiger partial charge in [-0.25, -0.2) is 0 Å². The topological polar surface area (TPSA) is 29.3 Å². The van der Waals surface area contributed by atoms with Gasteiger partial charge in [-0.3, -0.25) is 0 Å². The van der Waals surface area contributed by atoms with Crippen LogP contribution in [-0.4, -0.2) is 20.1 Å². The molecule has 78 valence electrons. The van der Waals surface area contributed by atoms with E-state index in [-0.39, 0.29) is 0 Å². The molecule has 2 nitrogen and oxygen atoms in total. The summed E-state index contributed by atoms with van der Waals surface area (Å²) in [5.74, 6) is 0. The van der Waals surface area contributed by atoms with Crippen LogP contribution < -0.4 is 10.6 Å². The van der Waals surface area contributed by atoms with E-state index in [0.29, 0.717) is 0 Å². The van der Waals surface area contributed by atoms with Crippen LogP contribution in [0, 0.1) is 13.8 Å². The third-order valence-electron chi connectivity index (χ3n) is 2.52. The van der Waals surface area contributed by atoms with Crippen molar-refractivity contribution in [1.29, 1.82) is 0 Å². The molecule has 1 aromatic rings. The molecule has 14 heavy (non-hydrogen) atoms. The van der Waals surface area contributed by atoms with E-state index in [1.807, 2.05) is 0 Å². The van der Waals surface area contributed by atoms with Crippen molar-refractivity contribution in [3.63, 3.8) is 0 Å². The van der Waals surface area contributed by atoms with Crippen LogP contribution in [0.4, 0.5) is 5.69 Å². The Morgan fingerprint density at radius 2 is 1.79 bits per heavy atom. The predicted molar refractivity (Wildman–Crippen MR) is 62.9 cm³/mol. The molecule has 1 aromatic carbocycles. The maximum atomic E-state index is 5.50. The van der Waals surface area contributed by atoms with E-state index in [1.54, 1.807) is 0 Å². The first kappa shape index (κ1) is 11.1. The molecule has 2 heteroatoms. The number of aryl methyl sites for hydroxylation is 2. The Hall–Kier alpha value is -1.02. The predicted octanol–water partition coefficient (Wildman–Crippen LogP) is 2.09. The lowest BCUT2D eigenvalue weighted by atomic mass is 10.1. The Kier molecular flexibility index (Phi) is 3.96. The Labute approximate surface area is 86.7 Å². The maximum Gasteiger partial charge on any atom is 0.0423 e. The Morgan fingerprint density at radius 1 is 1.21 bits per heavy atom. The van der Waals surface area contributed by atoms with E-state index in [2.05, 4.69) is 44.0 Å². The zero-order valence-corrected chi connectivity index (χ0v) is 9.38. The highest BCUT2D eigenvalue weighted by Crippen LogP contribution is 2.23. The fourth-order valence-electron chi connectivity index (χ4n) is 1.85. The lowest BCUT2D eigenvalue weighted by Gasteiger charge is -2.23. The van der Waals surface area contributed by atoms with Gasteiger partial charge in [0.15, 0.2) is 0 Å². The molecule has 0 bridgehead atoms. The standard InChI is InChI=1S/C12H20N2/c1-10-6-4-7-11(2)12(10)14(3)9-5-8-13/h4,6-7H,5,8-9,13H2,1-3H3. The zero-order valence-electron chi connectivity index (χ0n) is 9.38. The van der Waals surface area contributed by atoms with Crippen molar-refractivity contribution in [3.8, 4) is 0 Å². The molecule has 1 rings (SSSR count). The molecular weight excluding hydrogens is 172 g/mol. The van der Waals surface area contributed by atoms with E-state index >= 15 is 0 Å². The molecule has 0 unspecified atom stereocenters. The molecule has 0 atom stereocenters. The van der Waals surface area contributed by atoms with Crippen LogP contribution in [0.2, 0.25) is 0 Å². The van der Waals surface area contributed by atoms with Gasteiger partial charge >= 0.3 is 0 Å². The molecule has 0 spiro atoms. The second kappa shape index (κ2) is 5.01. The van der Waals surface area contributed by atoms with Crippen LogP contribution in [0.15, 0.2) is 18.2 Å². The number of benzene rings is 1. The lowest BCUT2D eigenvalue weighted by Crippen LogP contribution is -2.22. The Morgan fingerprint density at radius 3 is 2.29 bits per heavy atom. The minimum atomic E-state index is 0.759. The lowest BCUT2D eigenvalue weighted by molar-refractivity contribution is 0.792. The average molecular weight is 192 g/mol. The van der Waals surface area contributed by atoms with Gasteiger partial charge < -0.3 is 10.6 Å². The van der Waals surface area contributed by atoms with Gasteiger partial charge in [-0.2, -0.15) is 0 Å². The van der Waals surface area contributed by atoms with E-state index in [9.17, 15) is 0 Å². The van der Waals surface area contributed by atoms with Gasteiger partial charge in [0, 0.05) is 19.3 Å². The van der Waals surface area contributed by atoms with Crippen LogP contribution in [-0.2, 0) is 0 Å². The van der Waals surface area contributed by atoms with Crippen molar-refractivity contribution in [2.45, 2.75) is 20.3 Å². The van der Waals surface area contributed by atoms with Gasteiger partial charge in [-0.15, -0.1) is 0 Å². The average Bonchev–Trinajstić information content (AvgIpc) is 2.14. The van der Waals surface area contributed by atoms with E-state index < -0.39 is 0 Å². The number of anilines is 1. The van der Waals surface area contributed by atoms with Crippen LogP contribution in [0.1, 0.15) is 17.5 Å². The highest BCUT2D eigenvalue weighted by Gasteiger charge is 2.06. The summed E-state index contributed by atoms with van der Waals surface area (Å²) in [4.78, 5) is 2.29. The second-order valence-corrected chi connectivity index (χ2v) is 3.80. The van der Waals surface area contributed by atoms with Crippen LogP contribution in [0.5, 0.6) is 0 Å². The van der Waals surface area contributed by atoms with Crippen LogP contribution >= 0.6 is 0 Å². The van der Waals surface area contributed by atoms with Gasteiger partial charge in [-0.05, 0) is 37.9 Å². The molecule has 0 aliphatic rings. The smallest absolute Gasteiger partial charge is 0.0423 e. The molecule has 0 saturated heterocycles. The summed E-state index contributed by atoms with van der Waals surface area (Å²) in [7, 11) is 2.13. The van der Waals surface area contributed by atoms with E-state index in [1.165, 1.54) is 16.8 Å². The van der Waals surface area contributed by atoms with Crippen molar-refractivity contribution in [2.75, 3.05) is 25.0 Å². The SMILES string of the molecule is Cc1cccc(C)c1N(C)CCCN. The highest BCUT2D eigenvalue weighted by molar-refractivity contribution is 5.58. The molecular formula is C12H20N2. The number of hydrogen-bond acceptors (Lipinski definition) is 2. The molecule has 0 aliphatic heterocycles. The third kappa shape index (κ3) is 2.48. The number of hydrogen-bond donors (Lipinski definition) is 1. The van der Waals surface area contributed by atoms with Gasteiger partial charge in [0.25, 0.3) is 0 Å². The van der Waals surface area contributed by atoms with Crippen molar-refractivity contribution in [3.05, 3.63) is 29.3 Å². The number of rotatable bonds is 4. The van der Waals surface area contributed by atoms with Gasteiger partial charge in [0.05, 0.1) is 0 Å². The highest BCUT2D eigenvalue weighted by atomic mass is 15.1. The van der Waals surface area contributed by atoms with E-state index in [0.717, 1.165) is 19.5 Å². The monoisotopic (exact) mass is 192 g/mol. The molecule has 0 fully saturated rings. The summed E-state index contributed by atoms with van der Waals surface area (Å²) in [5, 5.41) is 0. The molecule has 2 N–H and O–H groups in total. The molecule has 0 saturated carbocycles. The number of para-hydroxylation sites is 1. The maximum absolute atomic E-state index is 5.50. The number of nitrogens with zero attached hydrogens (tertiary/aromatic N) is 1.